The van der Waals surface area contributed by atoms with Crippen molar-refractivity contribution in [3.05, 3.63) is 22.8 Å². The number of methoxy groups -OCH3 is 2. The van der Waals surface area contributed by atoms with Crippen molar-refractivity contribution in [2.75, 3.05) is 14.2 Å². The van der Waals surface area contributed by atoms with E-state index in [-0.39, 0.29) is 29.8 Å². The third-order valence-corrected chi connectivity index (χ3v) is 6.14. The largest absolute Gasteiger partial charge is 0.493 e. The highest BCUT2D eigenvalue weighted by Gasteiger charge is 2.24. The number of hydrogen-bond acceptors (Lipinski definition) is 6. The fourth-order valence-corrected chi connectivity index (χ4v) is 4.19. The molecular weight excluding hydrogens is 463 g/mol. The Morgan fingerprint density at radius 1 is 1.17 bits per heavy atom. The first-order valence-electron chi connectivity index (χ1n) is 9.39. The fourth-order valence-electron chi connectivity index (χ4n) is 2.89. The molecule has 2 aromatic rings. The Labute approximate surface area is 182 Å². The minimum atomic E-state index is -0.561. The molecule has 1 aromatic carbocycles. The Morgan fingerprint density at radius 2 is 1.86 bits per heavy atom. The predicted octanol–water partition coefficient (Wildman–Crippen LogP) is 5.76. The average Bonchev–Trinajstić information content (AvgIpc) is 3.12. The van der Waals surface area contributed by atoms with Crippen molar-refractivity contribution in [1.82, 2.24) is 0 Å². The van der Waals surface area contributed by atoms with Crippen LogP contribution in [0.5, 0.6) is 11.5 Å². The van der Waals surface area contributed by atoms with Crippen LogP contribution in [0.15, 0.2) is 12.1 Å². The number of hydrogen-bond donors (Lipinski definition) is 0. The molecule has 29 heavy (non-hydrogen) atoms. The number of halogens is 2. The summed E-state index contributed by atoms with van der Waals surface area (Å²) in [7, 11) is 2.74. The van der Waals surface area contributed by atoms with Gasteiger partial charge < -0.3 is 14.2 Å². The molecule has 1 heterocycles. The number of thiophene rings is 1. The van der Waals surface area contributed by atoms with E-state index in [1.165, 1.54) is 31.6 Å². The number of esters is 1. The summed E-state index contributed by atoms with van der Waals surface area (Å²) in [6.07, 6.45) is 1.45. The lowest BCUT2D eigenvalue weighted by atomic mass is 10.0. The summed E-state index contributed by atoms with van der Waals surface area (Å²) in [5, 5.41) is 0.306. The molecular formula is C21H26BrFO5S. The molecule has 8 heteroatoms. The van der Waals surface area contributed by atoms with Gasteiger partial charge in [0.25, 0.3) is 0 Å². The quantitative estimate of drug-likeness (QED) is 0.241. The second kappa shape index (κ2) is 10.4. The van der Waals surface area contributed by atoms with E-state index in [0.29, 0.717) is 19.8 Å². The van der Waals surface area contributed by atoms with Crippen LogP contribution in [-0.4, -0.2) is 36.9 Å². The first-order chi connectivity index (χ1) is 13.7. The number of rotatable bonds is 10. The SMILES string of the molecule is COC(=O)[C@@H](C)CC(=O)c1cc2c(F)c(OC(C)CCC(C)Br)c(OC)cc2s1. The molecule has 0 aliphatic heterocycles. The molecule has 160 valence electrons. The molecule has 3 atom stereocenters. The molecule has 2 rings (SSSR count). The van der Waals surface area contributed by atoms with E-state index < -0.39 is 17.7 Å². The number of benzene rings is 1. The number of carbonyl (C=O) groups is 2. The van der Waals surface area contributed by atoms with Crippen LogP contribution < -0.4 is 9.47 Å². The van der Waals surface area contributed by atoms with Gasteiger partial charge in [-0.1, -0.05) is 29.8 Å². The van der Waals surface area contributed by atoms with Gasteiger partial charge in [-0.2, -0.15) is 0 Å². The van der Waals surface area contributed by atoms with Crippen molar-refractivity contribution in [3.63, 3.8) is 0 Å². The van der Waals surface area contributed by atoms with Crippen LogP contribution in [0.2, 0.25) is 0 Å². The maximum absolute atomic E-state index is 15.2. The molecule has 0 saturated carbocycles. The van der Waals surface area contributed by atoms with E-state index in [2.05, 4.69) is 20.7 Å². The number of ketones is 1. The normalized spacial score (nSPS) is 14.3. The van der Waals surface area contributed by atoms with Crippen LogP contribution in [0.1, 0.15) is 49.7 Å². The Hall–Kier alpha value is -1.67. The molecule has 0 bridgehead atoms. The molecule has 0 saturated heterocycles. The summed E-state index contributed by atoms with van der Waals surface area (Å²) < 4.78 is 31.6. The van der Waals surface area contributed by atoms with Crippen molar-refractivity contribution in [2.24, 2.45) is 5.92 Å². The molecule has 0 N–H and O–H groups in total. The van der Waals surface area contributed by atoms with E-state index in [1.807, 2.05) is 13.8 Å². The van der Waals surface area contributed by atoms with Crippen molar-refractivity contribution >= 4 is 49.1 Å². The lowest BCUT2D eigenvalue weighted by Gasteiger charge is -2.18. The highest BCUT2D eigenvalue weighted by atomic mass is 79.9. The first-order valence-corrected chi connectivity index (χ1v) is 11.1. The monoisotopic (exact) mass is 488 g/mol. The predicted molar refractivity (Wildman–Crippen MR) is 116 cm³/mol. The third kappa shape index (κ3) is 5.92. The fraction of sp³-hybridized carbons (Fsp3) is 0.524. The lowest BCUT2D eigenvalue weighted by Crippen LogP contribution is -2.16. The van der Waals surface area contributed by atoms with Crippen LogP contribution >= 0.6 is 27.3 Å². The van der Waals surface area contributed by atoms with Gasteiger partial charge in [-0.25, -0.2) is 4.39 Å². The van der Waals surface area contributed by atoms with E-state index in [0.717, 1.165) is 12.8 Å². The summed E-state index contributed by atoms with van der Waals surface area (Å²) >= 11 is 4.67. The van der Waals surface area contributed by atoms with Gasteiger partial charge in [0.1, 0.15) is 0 Å². The Kier molecular flexibility index (Phi) is 8.46. The Bertz CT molecular complexity index is 880. The number of carbonyl (C=O) groups excluding carboxylic acids is 2. The number of fused-ring (bicyclic) bond motifs is 1. The van der Waals surface area contributed by atoms with Gasteiger partial charge in [0.05, 0.1) is 31.1 Å². The lowest BCUT2D eigenvalue weighted by molar-refractivity contribution is -0.144. The highest BCUT2D eigenvalue weighted by molar-refractivity contribution is 9.09. The topological polar surface area (TPSA) is 61.8 Å². The van der Waals surface area contributed by atoms with Gasteiger partial charge in [0.15, 0.2) is 23.1 Å². The second-order valence-corrected chi connectivity index (χ2v) is 9.73. The molecule has 0 aliphatic rings. The zero-order valence-electron chi connectivity index (χ0n) is 17.2. The van der Waals surface area contributed by atoms with Crippen LogP contribution in [0, 0.1) is 11.7 Å². The number of alkyl halides is 1. The molecule has 0 spiro atoms. The summed E-state index contributed by atoms with van der Waals surface area (Å²) in [6, 6.07) is 3.19. The average molecular weight is 489 g/mol. The zero-order chi connectivity index (χ0) is 21.7. The van der Waals surface area contributed by atoms with Gasteiger partial charge in [-0.3, -0.25) is 9.59 Å². The maximum atomic E-state index is 15.2. The second-order valence-electron chi connectivity index (χ2n) is 7.08. The van der Waals surface area contributed by atoms with E-state index >= 15 is 4.39 Å². The minimum absolute atomic E-state index is 0.00334. The molecule has 5 nitrogen and oxygen atoms in total. The van der Waals surface area contributed by atoms with Gasteiger partial charge in [0, 0.05) is 27.4 Å². The highest BCUT2D eigenvalue weighted by Crippen LogP contribution is 2.41. The third-order valence-electron chi connectivity index (χ3n) is 4.56. The van der Waals surface area contributed by atoms with Crippen molar-refractivity contribution in [3.8, 4) is 11.5 Å². The molecule has 0 radical (unpaired) electrons. The van der Waals surface area contributed by atoms with Gasteiger partial charge >= 0.3 is 5.97 Å². The van der Waals surface area contributed by atoms with Gasteiger partial charge in [0.2, 0.25) is 0 Å². The summed E-state index contributed by atoms with van der Waals surface area (Å²) in [4.78, 5) is 24.8. The van der Waals surface area contributed by atoms with E-state index in [4.69, 9.17) is 9.47 Å². The van der Waals surface area contributed by atoms with Crippen molar-refractivity contribution in [2.45, 2.75) is 51.0 Å². The Balaban J connectivity index is 2.31. The van der Waals surface area contributed by atoms with Crippen LogP contribution in [0.4, 0.5) is 4.39 Å². The van der Waals surface area contributed by atoms with Gasteiger partial charge in [-0.15, -0.1) is 11.3 Å². The molecule has 0 amide bonds. The van der Waals surface area contributed by atoms with Crippen LogP contribution in [0.3, 0.4) is 0 Å². The van der Waals surface area contributed by atoms with Crippen molar-refractivity contribution in [1.29, 1.82) is 0 Å². The summed E-state index contributed by atoms with van der Waals surface area (Å²) in [5.41, 5.74) is 0. The number of ether oxygens (including phenoxy) is 3. The summed E-state index contributed by atoms with van der Waals surface area (Å²) in [5.74, 6) is -1.45. The van der Waals surface area contributed by atoms with Crippen molar-refractivity contribution < 1.29 is 28.2 Å². The minimum Gasteiger partial charge on any atom is -0.493 e. The van der Waals surface area contributed by atoms with E-state index in [1.54, 1.807) is 13.0 Å². The standard InChI is InChI=1S/C21H26BrFO5S/c1-11(21(25)27-5)8-15(24)18-9-14-17(29-18)10-16(26-4)20(19(14)23)28-13(3)7-6-12(2)22/h9-13H,6-8H2,1-5H3/t11-,12?,13?/m0/s1. The van der Waals surface area contributed by atoms with Gasteiger partial charge in [-0.05, 0) is 25.8 Å². The van der Waals surface area contributed by atoms with E-state index in [9.17, 15) is 9.59 Å². The first kappa shape index (κ1) is 23.6. The molecule has 1 aromatic heterocycles. The van der Waals surface area contributed by atoms with Crippen LogP contribution in [0.25, 0.3) is 10.1 Å². The maximum Gasteiger partial charge on any atom is 0.308 e. The molecule has 0 aliphatic carbocycles. The Morgan fingerprint density at radius 3 is 2.45 bits per heavy atom. The summed E-state index contributed by atoms with van der Waals surface area (Å²) in [6.45, 7) is 5.56. The zero-order valence-corrected chi connectivity index (χ0v) is 19.6. The number of Topliss-reactive ketones (excluding diaryl/α,β-unsaturated/α-hetero) is 1. The smallest absolute Gasteiger partial charge is 0.308 e. The molecule has 2 unspecified atom stereocenters. The van der Waals surface area contributed by atoms with Crippen LogP contribution in [-0.2, 0) is 9.53 Å². The molecule has 0 fully saturated rings.